The highest BCUT2D eigenvalue weighted by molar-refractivity contribution is 5.81. The van der Waals surface area contributed by atoms with Gasteiger partial charge in [0.25, 0.3) is 5.91 Å². The summed E-state index contributed by atoms with van der Waals surface area (Å²) in [5.41, 5.74) is 0. The van der Waals surface area contributed by atoms with Crippen molar-refractivity contribution in [2.45, 2.75) is 39.3 Å². The fraction of sp³-hybridized carbons (Fsp3) is 0.800. The van der Waals surface area contributed by atoms with Gasteiger partial charge in [-0.25, -0.2) is 0 Å². The van der Waals surface area contributed by atoms with Crippen molar-refractivity contribution < 1.29 is 19.4 Å². The first-order valence-corrected chi connectivity index (χ1v) is 4.95. The molecule has 0 spiro atoms. The van der Waals surface area contributed by atoms with Crippen molar-refractivity contribution in [2.75, 3.05) is 13.7 Å². The molecule has 0 fully saturated rings. The van der Waals surface area contributed by atoms with Crippen molar-refractivity contribution in [2.24, 2.45) is 0 Å². The monoisotopic (exact) mass is 217 g/mol. The molecule has 5 nitrogen and oxygen atoms in total. The summed E-state index contributed by atoms with van der Waals surface area (Å²) >= 11 is 0. The molecule has 1 unspecified atom stereocenters. The lowest BCUT2D eigenvalue weighted by atomic mass is 10.2. The molecule has 0 heterocycles. The number of hydrogen-bond acceptors (Lipinski definition) is 3. The van der Waals surface area contributed by atoms with Crippen molar-refractivity contribution in [3.8, 4) is 0 Å². The van der Waals surface area contributed by atoms with E-state index in [0.717, 1.165) is 0 Å². The Morgan fingerprint density at radius 3 is 2.20 bits per heavy atom. The number of carboxylic acid groups (broad SMARTS) is 1. The third-order valence-corrected chi connectivity index (χ3v) is 2.17. The Balaban J connectivity index is 4.38. The first-order chi connectivity index (χ1) is 6.90. The first kappa shape index (κ1) is 13.9. The summed E-state index contributed by atoms with van der Waals surface area (Å²) < 4.78 is 4.91. The second kappa shape index (κ2) is 6.40. The van der Waals surface area contributed by atoms with Crippen LogP contribution >= 0.6 is 0 Å². The van der Waals surface area contributed by atoms with Gasteiger partial charge < -0.3 is 14.7 Å². The van der Waals surface area contributed by atoms with Crippen molar-refractivity contribution in [3.05, 3.63) is 0 Å². The number of methoxy groups -OCH3 is 1. The van der Waals surface area contributed by atoms with E-state index in [9.17, 15) is 9.59 Å². The number of hydrogen-bond donors (Lipinski definition) is 1. The van der Waals surface area contributed by atoms with Gasteiger partial charge in [0, 0.05) is 19.7 Å². The normalized spacial score (nSPS) is 12.6. The number of aliphatic carboxylic acids is 1. The van der Waals surface area contributed by atoms with E-state index in [0.29, 0.717) is 0 Å². The van der Waals surface area contributed by atoms with E-state index in [-0.39, 0.29) is 24.9 Å². The molecular weight excluding hydrogens is 198 g/mol. The van der Waals surface area contributed by atoms with E-state index in [1.54, 1.807) is 6.92 Å². The minimum Gasteiger partial charge on any atom is -0.481 e. The molecule has 0 aliphatic rings. The predicted molar refractivity (Wildman–Crippen MR) is 55.6 cm³/mol. The molecule has 0 rings (SSSR count). The number of carbonyl (C=O) groups is 2. The smallest absolute Gasteiger partial charge is 0.305 e. The highest BCUT2D eigenvalue weighted by Crippen LogP contribution is 2.05. The number of nitrogens with zero attached hydrogens (tertiary/aromatic N) is 1. The van der Waals surface area contributed by atoms with Crippen molar-refractivity contribution in [1.29, 1.82) is 0 Å². The standard InChI is InChI=1S/C10H19NO4/c1-7(2)11(6-5-9(12)13)10(14)8(3)15-4/h7-8H,5-6H2,1-4H3,(H,12,13). The van der Waals surface area contributed by atoms with Gasteiger partial charge in [0.1, 0.15) is 6.10 Å². The average molecular weight is 217 g/mol. The van der Waals surface area contributed by atoms with E-state index in [1.165, 1.54) is 12.0 Å². The fourth-order valence-corrected chi connectivity index (χ4v) is 1.17. The van der Waals surface area contributed by atoms with E-state index in [4.69, 9.17) is 9.84 Å². The van der Waals surface area contributed by atoms with Crippen LogP contribution in [0.1, 0.15) is 27.2 Å². The lowest BCUT2D eigenvalue weighted by Crippen LogP contribution is -2.44. The summed E-state index contributed by atoms with van der Waals surface area (Å²) in [7, 11) is 1.46. The van der Waals surface area contributed by atoms with Crippen LogP contribution in [-0.4, -0.2) is 47.7 Å². The second-order valence-electron chi connectivity index (χ2n) is 3.65. The molecular formula is C10H19NO4. The van der Waals surface area contributed by atoms with Gasteiger partial charge in [0.2, 0.25) is 0 Å². The van der Waals surface area contributed by atoms with Gasteiger partial charge in [-0.1, -0.05) is 0 Å². The minimum absolute atomic E-state index is 0.0190. The topological polar surface area (TPSA) is 66.8 Å². The number of carboxylic acids is 1. The molecule has 5 heteroatoms. The van der Waals surface area contributed by atoms with Gasteiger partial charge >= 0.3 is 5.97 Å². The van der Waals surface area contributed by atoms with Gasteiger partial charge in [-0.05, 0) is 20.8 Å². The number of rotatable bonds is 6. The SMILES string of the molecule is COC(C)C(=O)N(CCC(=O)O)C(C)C. The van der Waals surface area contributed by atoms with Crippen LogP contribution in [0.15, 0.2) is 0 Å². The molecule has 1 N–H and O–H groups in total. The largest absolute Gasteiger partial charge is 0.481 e. The number of amides is 1. The zero-order valence-electron chi connectivity index (χ0n) is 9.69. The average Bonchev–Trinajstić information content (AvgIpc) is 2.15. The van der Waals surface area contributed by atoms with Crippen molar-refractivity contribution >= 4 is 11.9 Å². The van der Waals surface area contributed by atoms with E-state index < -0.39 is 12.1 Å². The van der Waals surface area contributed by atoms with Crippen LogP contribution in [-0.2, 0) is 14.3 Å². The van der Waals surface area contributed by atoms with Crippen LogP contribution in [0, 0.1) is 0 Å². The summed E-state index contributed by atoms with van der Waals surface area (Å²) in [4.78, 5) is 23.7. The van der Waals surface area contributed by atoms with Crippen LogP contribution in [0.4, 0.5) is 0 Å². The highest BCUT2D eigenvalue weighted by atomic mass is 16.5. The van der Waals surface area contributed by atoms with Crippen LogP contribution in [0.25, 0.3) is 0 Å². The highest BCUT2D eigenvalue weighted by Gasteiger charge is 2.22. The third kappa shape index (κ3) is 4.78. The Morgan fingerprint density at radius 2 is 1.87 bits per heavy atom. The maximum absolute atomic E-state index is 11.7. The summed E-state index contributed by atoms with van der Waals surface area (Å²) in [6, 6.07) is -0.0190. The van der Waals surface area contributed by atoms with Gasteiger partial charge in [0.05, 0.1) is 6.42 Å². The Kier molecular flexibility index (Phi) is 5.93. The summed E-state index contributed by atoms with van der Waals surface area (Å²) in [5.74, 6) is -1.08. The third-order valence-electron chi connectivity index (χ3n) is 2.17. The number of ether oxygens (including phenoxy) is 1. The molecule has 0 aromatic rings. The molecule has 0 saturated heterocycles. The molecule has 15 heavy (non-hydrogen) atoms. The molecule has 1 amide bonds. The molecule has 0 radical (unpaired) electrons. The Bertz CT molecular complexity index is 227. The fourth-order valence-electron chi connectivity index (χ4n) is 1.17. The molecule has 0 bridgehead atoms. The van der Waals surface area contributed by atoms with Crippen LogP contribution < -0.4 is 0 Å². The van der Waals surface area contributed by atoms with Crippen LogP contribution in [0.2, 0.25) is 0 Å². The van der Waals surface area contributed by atoms with E-state index in [1.807, 2.05) is 13.8 Å². The summed E-state index contributed by atoms with van der Waals surface area (Å²) in [5, 5.41) is 8.55. The minimum atomic E-state index is -0.904. The van der Waals surface area contributed by atoms with Crippen LogP contribution in [0.5, 0.6) is 0 Å². The van der Waals surface area contributed by atoms with Gasteiger partial charge in [-0.15, -0.1) is 0 Å². The van der Waals surface area contributed by atoms with Crippen molar-refractivity contribution in [1.82, 2.24) is 4.90 Å². The molecule has 0 aliphatic carbocycles. The molecule has 0 aliphatic heterocycles. The Labute approximate surface area is 90.0 Å². The second-order valence-corrected chi connectivity index (χ2v) is 3.65. The molecule has 88 valence electrons. The molecule has 0 aromatic carbocycles. The van der Waals surface area contributed by atoms with Gasteiger partial charge in [-0.3, -0.25) is 9.59 Å². The lowest BCUT2D eigenvalue weighted by molar-refractivity contribution is -0.144. The molecule has 0 saturated carbocycles. The summed E-state index contributed by atoms with van der Waals surface area (Å²) in [6.45, 7) is 5.57. The molecule has 1 atom stereocenters. The number of carbonyl (C=O) groups excluding carboxylic acids is 1. The first-order valence-electron chi connectivity index (χ1n) is 4.95. The maximum atomic E-state index is 11.7. The zero-order valence-corrected chi connectivity index (χ0v) is 9.69. The predicted octanol–water partition coefficient (Wildman–Crippen LogP) is 0.733. The van der Waals surface area contributed by atoms with E-state index in [2.05, 4.69) is 0 Å². The molecule has 0 aromatic heterocycles. The Hall–Kier alpha value is -1.10. The Morgan fingerprint density at radius 1 is 1.33 bits per heavy atom. The quantitative estimate of drug-likeness (QED) is 0.712. The van der Waals surface area contributed by atoms with Crippen LogP contribution in [0.3, 0.4) is 0 Å². The van der Waals surface area contributed by atoms with Crippen molar-refractivity contribution in [3.63, 3.8) is 0 Å². The summed E-state index contributed by atoms with van der Waals surface area (Å²) in [6.07, 6.45) is -0.568. The van der Waals surface area contributed by atoms with Gasteiger partial charge in [0.15, 0.2) is 0 Å². The van der Waals surface area contributed by atoms with Gasteiger partial charge in [-0.2, -0.15) is 0 Å². The maximum Gasteiger partial charge on any atom is 0.305 e. The van der Waals surface area contributed by atoms with E-state index >= 15 is 0 Å². The zero-order chi connectivity index (χ0) is 12.0. The lowest BCUT2D eigenvalue weighted by Gasteiger charge is -2.28.